The van der Waals surface area contributed by atoms with Crippen LogP contribution < -0.4 is 20.5 Å². The lowest BCUT2D eigenvalue weighted by molar-refractivity contribution is -0.124. The number of methoxy groups -OCH3 is 1. The third kappa shape index (κ3) is 4.74. The summed E-state index contributed by atoms with van der Waals surface area (Å²) < 4.78 is 10.9. The molecule has 0 spiro atoms. The normalized spacial score (nSPS) is 11.9. The van der Waals surface area contributed by atoms with Crippen LogP contribution in [0.2, 0.25) is 0 Å². The molecule has 1 amide bonds. The van der Waals surface area contributed by atoms with E-state index in [2.05, 4.69) is 12.2 Å². The van der Waals surface area contributed by atoms with E-state index in [0.29, 0.717) is 24.5 Å². The number of nitrogens with two attached hydrogens (primary N) is 1. The molecule has 0 saturated heterocycles. The van der Waals surface area contributed by atoms with Gasteiger partial charge in [0.2, 0.25) is 0 Å². The summed E-state index contributed by atoms with van der Waals surface area (Å²) in [6.07, 6.45) is 0.978. The van der Waals surface area contributed by atoms with Crippen molar-refractivity contribution in [1.29, 1.82) is 0 Å². The molecule has 112 valence electrons. The standard InChI is InChI=1S/C15H24N2O3/c1-4-8-17-10-11-6-7-12(19-3)9-14(11)20-13(5-2)15(16)18/h6-7,9,13,17H,4-5,8,10H2,1-3H3,(H2,16,18). The van der Waals surface area contributed by atoms with Crippen molar-refractivity contribution in [1.82, 2.24) is 5.32 Å². The predicted molar refractivity (Wildman–Crippen MR) is 78.9 cm³/mol. The minimum Gasteiger partial charge on any atom is -0.497 e. The van der Waals surface area contributed by atoms with Crippen LogP contribution in [0.4, 0.5) is 0 Å². The van der Waals surface area contributed by atoms with Gasteiger partial charge in [0.15, 0.2) is 6.10 Å². The molecule has 0 aliphatic rings. The number of primary amides is 1. The van der Waals surface area contributed by atoms with Crippen LogP contribution >= 0.6 is 0 Å². The Morgan fingerprint density at radius 1 is 1.40 bits per heavy atom. The topological polar surface area (TPSA) is 73.6 Å². The number of hydrogen-bond donors (Lipinski definition) is 2. The van der Waals surface area contributed by atoms with Gasteiger partial charge in [-0.05, 0) is 25.5 Å². The van der Waals surface area contributed by atoms with Gasteiger partial charge >= 0.3 is 0 Å². The van der Waals surface area contributed by atoms with Crippen molar-refractivity contribution in [2.45, 2.75) is 39.3 Å². The Morgan fingerprint density at radius 2 is 2.15 bits per heavy atom. The third-order valence-corrected chi connectivity index (χ3v) is 2.97. The first kappa shape index (κ1) is 16.3. The predicted octanol–water partition coefficient (Wildman–Crippen LogP) is 1.84. The van der Waals surface area contributed by atoms with E-state index in [1.165, 1.54) is 0 Å². The van der Waals surface area contributed by atoms with Crippen molar-refractivity contribution in [3.8, 4) is 11.5 Å². The van der Waals surface area contributed by atoms with Gasteiger partial charge in [-0.1, -0.05) is 19.9 Å². The quantitative estimate of drug-likeness (QED) is 0.677. The Hall–Kier alpha value is -1.75. The van der Waals surface area contributed by atoms with Gasteiger partial charge in [-0.25, -0.2) is 0 Å². The van der Waals surface area contributed by atoms with Gasteiger partial charge < -0.3 is 20.5 Å². The summed E-state index contributed by atoms with van der Waals surface area (Å²) in [6.45, 7) is 5.59. The highest BCUT2D eigenvalue weighted by Gasteiger charge is 2.17. The van der Waals surface area contributed by atoms with Gasteiger partial charge in [0.1, 0.15) is 11.5 Å². The van der Waals surface area contributed by atoms with Crippen LogP contribution in [0, 0.1) is 0 Å². The molecule has 0 aromatic heterocycles. The van der Waals surface area contributed by atoms with E-state index in [4.69, 9.17) is 15.2 Å². The molecule has 1 aromatic carbocycles. The summed E-state index contributed by atoms with van der Waals surface area (Å²) in [6, 6.07) is 5.60. The molecular formula is C15H24N2O3. The maximum atomic E-state index is 11.3. The number of ether oxygens (including phenoxy) is 2. The molecule has 3 N–H and O–H groups in total. The summed E-state index contributed by atoms with van der Waals surface area (Å²) in [7, 11) is 1.60. The average Bonchev–Trinajstić information content (AvgIpc) is 2.45. The molecule has 5 heteroatoms. The summed E-state index contributed by atoms with van der Waals surface area (Å²) in [5.41, 5.74) is 6.31. The lowest BCUT2D eigenvalue weighted by atomic mass is 10.1. The van der Waals surface area contributed by atoms with Crippen LogP contribution in [0.25, 0.3) is 0 Å². The second-order valence-electron chi connectivity index (χ2n) is 4.57. The number of nitrogens with one attached hydrogen (secondary N) is 1. The Kier molecular flexibility index (Phi) is 6.87. The van der Waals surface area contributed by atoms with Crippen molar-refractivity contribution in [2.75, 3.05) is 13.7 Å². The van der Waals surface area contributed by atoms with Crippen molar-refractivity contribution in [3.05, 3.63) is 23.8 Å². The average molecular weight is 280 g/mol. The van der Waals surface area contributed by atoms with Gasteiger partial charge in [-0.15, -0.1) is 0 Å². The number of amides is 1. The molecule has 0 aliphatic carbocycles. The molecule has 1 aromatic rings. The molecule has 0 saturated carbocycles. The van der Waals surface area contributed by atoms with Gasteiger partial charge in [0.25, 0.3) is 5.91 Å². The van der Waals surface area contributed by atoms with E-state index in [0.717, 1.165) is 18.5 Å². The minimum atomic E-state index is -0.618. The number of hydrogen-bond acceptors (Lipinski definition) is 4. The highest BCUT2D eigenvalue weighted by molar-refractivity contribution is 5.79. The Morgan fingerprint density at radius 3 is 2.70 bits per heavy atom. The fraction of sp³-hybridized carbons (Fsp3) is 0.533. The molecule has 0 bridgehead atoms. The van der Waals surface area contributed by atoms with Gasteiger partial charge in [-0.3, -0.25) is 4.79 Å². The van der Waals surface area contributed by atoms with E-state index in [-0.39, 0.29) is 0 Å². The zero-order valence-electron chi connectivity index (χ0n) is 12.4. The second kappa shape index (κ2) is 8.43. The second-order valence-corrected chi connectivity index (χ2v) is 4.57. The highest BCUT2D eigenvalue weighted by Crippen LogP contribution is 2.26. The largest absolute Gasteiger partial charge is 0.497 e. The molecule has 20 heavy (non-hydrogen) atoms. The van der Waals surface area contributed by atoms with Crippen LogP contribution in [-0.2, 0) is 11.3 Å². The summed E-state index contributed by atoms with van der Waals surface area (Å²) in [4.78, 5) is 11.3. The van der Waals surface area contributed by atoms with Crippen LogP contribution in [0.15, 0.2) is 18.2 Å². The number of benzene rings is 1. The summed E-state index contributed by atoms with van der Waals surface area (Å²) >= 11 is 0. The zero-order chi connectivity index (χ0) is 15.0. The molecule has 1 atom stereocenters. The van der Waals surface area contributed by atoms with E-state index in [1.807, 2.05) is 19.1 Å². The smallest absolute Gasteiger partial charge is 0.258 e. The van der Waals surface area contributed by atoms with Crippen LogP contribution in [-0.4, -0.2) is 25.7 Å². The van der Waals surface area contributed by atoms with Crippen molar-refractivity contribution < 1.29 is 14.3 Å². The molecule has 0 radical (unpaired) electrons. The molecular weight excluding hydrogens is 256 g/mol. The molecule has 0 fully saturated rings. The lowest BCUT2D eigenvalue weighted by Gasteiger charge is -2.18. The first-order chi connectivity index (χ1) is 9.62. The van der Waals surface area contributed by atoms with E-state index in [9.17, 15) is 4.79 Å². The maximum Gasteiger partial charge on any atom is 0.258 e. The summed E-state index contributed by atoms with van der Waals surface area (Å²) in [5.74, 6) is 0.875. The first-order valence-electron chi connectivity index (χ1n) is 6.95. The third-order valence-electron chi connectivity index (χ3n) is 2.97. The van der Waals surface area contributed by atoms with Gasteiger partial charge in [-0.2, -0.15) is 0 Å². The van der Waals surface area contributed by atoms with Crippen molar-refractivity contribution in [2.24, 2.45) is 5.73 Å². The van der Waals surface area contributed by atoms with E-state index >= 15 is 0 Å². The monoisotopic (exact) mass is 280 g/mol. The Labute approximate surface area is 120 Å². The Bertz CT molecular complexity index is 435. The van der Waals surface area contributed by atoms with E-state index < -0.39 is 12.0 Å². The molecule has 1 unspecified atom stereocenters. The molecule has 0 aliphatic heterocycles. The summed E-state index contributed by atoms with van der Waals surface area (Å²) in [5, 5.41) is 3.31. The maximum absolute atomic E-state index is 11.3. The zero-order valence-corrected chi connectivity index (χ0v) is 12.4. The van der Waals surface area contributed by atoms with E-state index in [1.54, 1.807) is 13.2 Å². The van der Waals surface area contributed by atoms with Crippen LogP contribution in [0.5, 0.6) is 11.5 Å². The number of carbonyl (C=O) groups is 1. The fourth-order valence-corrected chi connectivity index (χ4v) is 1.81. The SMILES string of the molecule is CCCNCc1ccc(OC)cc1OC(CC)C(N)=O. The van der Waals surface area contributed by atoms with Gasteiger partial charge in [0.05, 0.1) is 7.11 Å². The van der Waals surface area contributed by atoms with Crippen molar-refractivity contribution >= 4 is 5.91 Å². The van der Waals surface area contributed by atoms with Gasteiger partial charge in [0, 0.05) is 18.2 Å². The molecule has 5 nitrogen and oxygen atoms in total. The minimum absolute atomic E-state index is 0.456. The highest BCUT2D eigenvalue weighted by atomic mass is 16.5. The van der Waals surface area contributed by atoms with Crippen LogP contribution in [0.1, 0.15) is 32.3 Å². The number of carbonyl (C=O) groups excluding carboxylic acids is 1. The van der Waals surface area contributed by atoms with Crippen molar-refractivity contribution in [3.63, 3.8) is 0 Å². The number of rotatable bonds is 9. The molecule has 0 heterocycles. The van der Waals surface area contributed by atoms with Crippen LogP contribution in [0.3, 0.4) is 0 Å². The molecule has 1 rings (SSSR count). The lowest BCUT2D eigenvalue weighted by Crippen LogP contribution is -2.33. The fourth-order valence-electron chi connectivity index (χ4n) is 1.81. The first-order valence-corrected chi connectivity index (χ1v) is 6.95. The Balaban J connectivity index is 2.90.